The predicted octanol–water partition coefficient (Wildman–Crippen LogP) is 3.61. The molecule has 1 N–H and O–H groups in total. The van der Waals surface area contributed by atoms with Crippen molar-refractivity contribution in [2.45, 2.75) is 6.92 Å². The van der Waals surface area contributed by atoms with Crippen LogP contribution in [0.25, 0.3) is 10.9 Å². The zero-order valence-corrected chi connectivity index (χ0v) is 12.0. The van der Waals surface area contributed by atoms with E-state index in [1.807, 2.05) is 24.3 Å². The molecule has 1 heterocycles. The molecule has 0 aliphatic rings. The number of carbonyl (C=O) groups excluding carboxylic acids is 2. The van der Waals surface area contributed by atoms with Crippen LogP contribution >= 0.6 is 0 Å². The Labute approximate surface area is 127 Å². The van der Waals surface area contributed by atoms with E-state index < -0.39 is 0 Å². The van der Waals surface area contributed by atoms with E-state index in [0.717, 1.165) is 22.8 Å². The van der Waals surface area contributed by atoms with Crippen LogP contribution in [0, 0.1) is 6.92 Å². The van der Waals surface area contributed by atoms with Crippen molar-refractivity contribution in [3.8, 4) is 0 Å². The average molecular weight is 290 g/mol. The van der Waals surface area contributed by atoms with Gasteiger partial charge >= 0.3 is 0 Å². The van der Waals surface area contributed by atoms with E-state index in [-0.39, 0.29) is 5.91 Å². The van der Waals surface area contributed by atoms with Crippen molar-refractivity contribution in [1.82, 2.24) is 4.98 Å². The van der Waals surface area contributed by atoms with Crippen LogP contribution in [0.15, 0.2) is 54.7 Å². The van der Waals surface area contributed by atoms with Crippen LogP contribution in [0.2, 0.25) is 0 Å². The molecule has 0 fully saturated rings. The monoisotopic (exact) mass is 290 g/mol. The molecule has 0 aliphatic heterocycles. The molecule has 4 nitrogen and oxygen atoms in total. The Morgan fingerprint density at radius 3 is 2.77 bits per heavy atom. The van der Waals surface area contributed by atoms with Crippen LogP contribution in [-0.2, 0) is 0 Å². The van der Waals surface area contributed by atoms with Gasteiger partial charge in [-0.3, -0.25) is 14.6 Å². The predicted molar refractivity (Wildman–Crippen MR) is 86.3 cm³/mol. The van der Waals surface area contributed by atoms with Gasteiger partial charge in [0.25, 0.3) is 5.91 Å². The van der Waals surface area contributed by atoms with Gasteiger partial charge in [0, 0.05) is 22.8 Å². The molecule has 0 aliphatic carbocycles. The molecule has 3 rings (SSSR count). The van der Waals surface area contributed by atoms with Crippen molar-refractivity contribution in [2.75, 3.05) is 5.32 Å². The summed E-state index contributed by atoms with van der Waals surface area (Å²) >= 11 is 0. The number of hydrogen-bond donors (Lipinski definition) is 1. The first kappa shape index (κ1) is 13.9. The topological polar surface area (TPSA) is 59.1 Å². The first-order valence-electron chi connectivity index (χ1n) is 6.90. The van der Waals surface area contributed by atoms with E-state index in [4.69, 9.17) is 0 Å². The summed E-state index contributed by atoms with van der Waals surface area (Å²) in [5.41, 5.74) is 3.27. The first-order valence-corrected chi connectivity index (χ1v) is 6.90. The number of carbonyl (C=O) groups is 2. The lowest BCUT2D eigenvalue weighted by molar-refractivity contribution is 0.102. The Kier molecular flexibility index (Phi) is 3.66. The minimum atomic E-state index is -0.246. The summed E-state index contributed by atoms with van der Waals surface area (Å²) in [6, 6.07) is 14.7. The number of hydrogen-bond acceptors (Lipinski definition) is 3. The SMILES string of the molecule is Cc1c(C=O)cccc1NC(=O)c1cnc2ccccc2c1. The molecule has 0 spiro atoms. The smallest absolute Gasteiger partial charge is 0.257 e. The van der Waals surface area contributed by atoms with Gasteiger partial charge in [0.05, 0.1) is 11.1 Å². The van der Waals surface area contributed by atoms with Crippen molar-refractivity contribution in [1.29, 1.82) is 0 Å². The first-order chi connectivity index (χ1) is 10.7. The number of aromatic nitrogens is 1. The van der Waals surface area contributed by atoms with Gasteiger partial charge in [0.1, 0.15) is 6.29 Å². The molecule has 0 saturated carbocycles. The van der Waals surface area contributed by atoms with E-state index >= 15 is 0 Å². The van der Waals surface area contributed by atoms with Crippen LogP contribution in [0.3, 0.4) is 0 Å². The van der Waals surface area contributed by atoms with Crippen molar-refractivity contribution < 1.29 is 9.59 Å². The van der Waals surface area contributed by atoms with Crippen LogP contribution in [0.1, 0.15) is 26.3 Å². The van der Waals surface area contributed by atoms with Crippen molar-refractivity contribution >= 4 is 28.8 Å². The van der Waals surface area contributed by atoms with E-state index in [1.54, 1.807) is 37.4 Å². The molecule has 1 amide bonds. The van der Waals surface area contributed by atoms with E-state index in [1.165, 1.54) is 0 Å². The number of amides is 1. The maximum atomic E-state index is 12.4. The fourth-order valence-corrected chi connectivity index (χ4v) is 2.31. The number of para-hydroxylation sites is 1. The van der Waals surface area contributed by atoms with Gasteiger partial charge in [-0.25, -0.2) is 0 Å². The van der Waals surface area contributed by atoms with Crippen LogP contribution in [0.4, 0.5) is 5.69 Å². The number of aldehydes is 1. The fourth-order valence-electron chi connectivity index (χ4n) is 2.31. The lowest BCUT2D eigenvalue weighted by Gasteiger charge is -2.10. The summed E-state index contributed by atoms with van der Waals surface area (Å²) in [5, 5.41) is 3.74. The molecular weight excluding hydrogens is 276 g/mol. The molecule has 0 radical (unpaired) electrons. The highest BCUT2D eigenvalue weighted by Gasteiger charge is 2.10. The summed E-state index contributed by atoms with van der Waals surface area (Å²) in [7, 11) is 0. The Morgan fingerprint density at radius 2 is 1.95 bits per heavy atom. The number of nitrogens with zero attached hydrogens (tertiary/aromatic N) is 1. The second-order valence-electron chi connectivity index (χ2n) is 5.01. The van der Waals surface area contributed by atoms with Gasteiger partial charge in [-0.1, -0.05) is 30.3 Å². The molecule has 2 aromatic carbocycles. The Bertz CT molecular complexity index is 872. The van der Waals surface area contributed by atoms with Crippen molar-refractivity contribution in [2.24, 2.45) is 0 Å². The number of pyridine rings is 1. The van der Waals surface area contributed by atoms with E-state index in [0.29, 0.717) is 16.8 Å². The Hall–Kier alpha value is -3.01. The lowest BCUT2D eigenvalue weighted by Crippen LogP contribution is -2.13. The summed E-state index contributed by atoms with van der Waals surface area (Å²) in [5.74, 6) is -0.246. The van der Waals surface area contributed by atoms with Crippen molar-refractivity contribution in [3.05, 3.63) is 71.4 Å². The minimum Gasteiger partial charge on any atom is -0.322 e. The highest BCUT2D eigenvalue weighted by Crippen LogP contribution is 2.19. The van der Waals surface area contributed by atoms with Crippen molar-refractivity contribution in [3.63, 3.8) is 0 Å². The van der Waals surface area contributed by atoms with Gasteiger partial charge in [0.15, 0.2) is 0 Å². The maximum absolute atomic E-state index is 12.4. The van der Waals surface area contributed by atoms with Gasteiger partial charge in [0.2, 0.25) is 0 Å². The molecule has 0 bridgehead atoms. The van der Waals surface area contributed by atoms with E-state index in [9.17, 15) is 9.59 Å². The minimum absolute atomic E-state index is 0.246. The molecule has 3 aromatic rings. The lowest BCUT2D eigenvalue weighted by atomic mass is 10.1. The van der Waals surface area contributed by atoms with Crippen LogP contribution < -0.4 is 5.32 Å². The molecule has 108 valence electrons. The summed E-state index contributed by atoms with van der Waals surface area (Å²) < 4.78 is 0. The third-order valence-corrected chi connectivity index (χ3v) is 3.60. The normalized spacial score (nSPS) is 10.4. The third-order valence-electron chi connectivity index (χ3n) is 3.60. The Balaban J connectivity index is 1.92. The molecule has 0 saturated heterocycles. The number of anilines is 1. The molecule has 22 heavy (non-hydrogen) atoms. The second-order valence-corrected chi connectivity index (χ2v) is 5.01. The maximum Gasteiger partial charge on any atom is 0.257 e. The number of benzene rings is 2. The Morgan fingerprint density at radius 1 is 1.14 bits per heavy atom. The zero-order valence-electron chi connectivity index (χ0n) is 12.0. The summed E-state index contributed by atoms with van der Waals surface area (Å²) in [6.45, 7) is 1.80. The molecular formula is C18H14N2O2. The van der Waals surface area contributed by atoms with Gasteiger partial charge < -0.3 is 5.32 Å². The summed E-state index contributed by atoms with van der Waals surface area (Å²) in [4.78, 5) is 27.6. The van der Waals surface area contributed by atoms with Gasteiger partial charge in [-0.15, -0.1) is 0 Å². The molecule has 0 unspecified atom stereocenters. The van der Waals surface area contributed by atoms with E-state index in [2.05, 4.69) is 10.3 Å². The molecule has 0 atom stereocenters. The quantitative estimate of drug-likeness (QED) is 0.750. The summed E-state index contributed by atoms with van der Waals surface area (Å²) in [6.07, 6.45) is 2.33. The largest absolute Gasteiger partial charge is 0.322 e. The highest BCUT2D eigenvalue weighted by molar-refractivity contribution is 6.06. The number of rotatable bonds is 3. The number of nitrogens with one attached hydrogen (secondary N) is 1. The molecule has 1 aromatic heterocycles. The van der Waals surface area contributed by atoms with Gasteiger partial charge in [-0.2, -0.15) is 0 Å². The standard InChI is InChI=1S/C18H14N2O2/c1-12-14(11-21)6-4-8-16(12)20-18(22)15-9-13-5-2-3-7-17(13)19-10-15/h2-11H,1H3,(H,20,22). The second kappa shape index (κ2) is 5.77. The zero-order chi connectivity index (χ0) is 15.5. The third kappa shape index (κ3) is 2.59. The molecule has 4 heteroatoms. The number of fused-ring (bicyclic) bond motifs is 1. The van der Waals surface area contributed by atoms with Crippen LogP contribution in [0.5, 0.6) is 0 Å². The average Bonchev–Trinajstić information content (AvgIpc) is 2.56. The van der Waals surface area contributed by atoms with Gasteiger partial charge in [-0.05, 0) is 30.7 Å². The highest BCUT2D eigenvalue weighted by atomic mass is 16.1. The van der Waals surface area contributed by atoms with Crippen LogP contribution in [-0.4, -0.2) is 17.2 Å². The fraction of sp³-hybridized carbons (Fsp3) is 0.0556.